The molecule has 2 bridgehead atoms. The molecular weight excluding hydrogens is 212 g/mol. The first-order chi connectivity index (χ1) is 8.17. The summed E-state index contributed by atoms with van der Waals surface area (Å²) in [4.78, 5) is 12.2. The minimum absolute atomic E-state index is 0.0283. The standard InChI is InChI=1S/C14H22N2O/c1-3-5-11(4-2)16-14(17)12-9-6-7-10(8-9)13(12)15/h1,9-13H,4-8,15H2,2H3,(H,16,17). The molecule has 0 aromatic rings. The van der Waals surface area contributed by atoms with Crippen molar-refractivity contribution in [2.75, 3.05) is 0 Å². The minimum atomic E-state index is 0.0283. The third-order valence-electron chi connectivity index (χ3n) is 4.49. The zero-order valence-corrected chi connectivity index (χ0v) is 10.5. The first-order valence-electron chi connectivity index (χ1n) is 6.66. The Balaban J connectivity index is 1.94. The van der Waals surface area contributed by atoms with Crippen molar-refractivity contribution in [1.82, 2.24) is 5.32 Å². The fourth-order valence-corrected chi connectivity index (χ4v) is 3.46. The Morgan fingerprint density at radius 1 is 1.53 bits per heavy atom. The van der Waals surface area contributed by atoms with E-state index in [1.807, 2.05) is 6.92 Å². The Hall–Kier alpha value is -1.01. The monoisotopic (exact) mass is 234 g/mol. The van der Waals surface area contributed by atoms with Crippen molar-refractivity contribution in [3.8, 4) is 12.3 Å². The van der Waals surface area contributed by atoms with E-state index in [0.717, 1.165) is 12.8 Å². The number of rotatable bonds is 4. The van der Waals surface area contributed by atoms with E-state index in [9.17, 15) is 4.79 Å². The molecule has 3 heteroatoms. The first kappa shape index (κ1) is 12.4. The van der Waals surface area contributed by atoms with Gasteiger partial charge in [-0.2, -0.15) is 0 Å². The molecule has 94 valence electrons. The zero-order chi connectivity index (χ0) is 12.4. The highest BCUT2D eigenvalue weighted by atomic mass is 16.2. The summed E-state index contributed by atoms with van der Waals surface area (Å²) in [7, 11) is 0. The minimum Gasteiger partial charge on any atom is -0.352 e. The van der Waals surface area contributed by atoms with Crippen LogP contribution < -0.4 is 11.1 Å². The number of carbonyl (C=O) groups excluding carboxylic acids is 1. The van der Waals surface area contributed by atoms with Crippen LogP contribution in [0, 0.1) is 30.1 Å². The summed E-state index contributed by atoms with van der Waals surface area (Å²) in [6, 6.07) is 0.177. The third kappa shape index (κ3) is 2.32. The smallest absolute Gasteiger partial charge is 0.225 e. The van der Waals surface area contributed by atoms with Crippen molar-refractivity contribution >= 4 is 5.91 Å². The summed E-state index contributed by atoms with van der Waals surface area (Å²) >= 11 is 0. The fourth-order valence-electron chi connectivity index (χ4n) is 3.46. The van der Waals surface area contributed by atoms with Crippen LogP contribution in [0.3, 0.4) is 0 Å². The summed E-state index contributed by atoms with van der Waals surface area (Å²) in [6.45, 7) is 2.04. The van der Waals surface area contributed by atoms with Crippen molar-refractivity contribution in [2.45, 2.75) is 51.1 Å². The molecule has 0 aromatic heterocycles. The van der Waals surface area contributed by atoms with Gasteiger partial charge in [0.05, 0.1) is 5.92 Å². The number of carbonyl (C=O) groups is 1. The van der Waals surface area contributed by atoms with Crippen molar-refractivity contribution in [3.05, 3.63) is 0 Å². The number of hydrogen-bond donors (Lipinski definition) is 2. The molecule has 3 N–H and O–H groups in total. The summed E-state index contributed by atoms with van der Waals surface area (Å²) in [5, 5.41) is 3.06. The van der Waals surface area contributed by atoms with Gasteiger partial charge in [0.25, 0.3) is 0 Å². The van der Waals surface area contributed by atoms with Gasteiger partial charge < -0.3 is 11.1 Å². The number of hydrogen-bond acceptors (Lipinski definition) is 2. The topological polar surface area (TPSA) is 55.1 Å². The molecule has 0 saturated heterocycles. The quantitative estimate of drug-likeness (QED) is 0.720. The molecule has 2 aliphatic carbocycles. The Morgan fingerprint density at radius 2 is 2.24 bits per heavy atom. The van der Waals surface area contributed by atoms with Crippen LogP contribution in [0.1, 0.15) is 39.0 Å². The average molecular weight is 234 g/mol. The lowest BCUT2D eigenvalue weighted by atomic mass is 9.84. The number of nitrogens with two attached hydrogens (primary N) is 1. The highest BCUT2D eigenvalue weighted by Gasteiger charge is 2.49. The zero-order valence-electron chi connectivity index (χ0n) is 10.5. The van der Waals surface area contributed by atoms with Gasteiger partial charge in [-0.25, -0.2) is 0 Å². The van der Waals surface area contributed by atoms with E-state index >= 15 is 0 Å². The molecule has 5 unspecified atom stereocenters. The molecule has 17 heavy (non-hydrogen) atoms. The van der Waals surface area contributed by atoms with Gasteiger partial charge >= 0.3 is 0 Å². The molecule has 0 aromatic carbocycles. The van der Waals surface area contributed by atoms with Crippen LogP contribution in [-0.2, 0) is 4.79 Å². The van der Waals surface area contributed by atoms with E-state index in [0.29, 0.717) is 18.3 Å². The van der Waals surface area contributed by atoms with Gasteiger partial charge in [-0.15, -0.1) is 12.3 Å². The van der Waals surface area contributed by atoms with Gasteiger partial charge in [-0.1, -0.05) is 6.92 Å². The maximum Gasteiger partial charge on any atom is 0.225 e. The van der Waals surface area contributed by atoms with Crippen LogP contribution in [0.25, 0.3) is 0 Å². The Kier molecular flexibility index (Phi) is 3.73. The lowest BCUT2D eigenvalue weighted by molar-refractivity contribution is -0.127. The Labute approximate surface area is 104 Å². The largest absolute Gasteiger partial charge is 0.352 e. The Morgan fingerprint density at radius 3 is 2.76 bits per heavy atom. The SMILES string of the molecule is C#CCC(CC)NC(=O)C1C2CCC(C2)C1N. The second-order valence-corrected chi connectivity index (χ2v) is 5.46. The van der Waals surface area contributed by atoms with Crippen LogP contribution in [0.2, 0.25) is 0 Å². The van der Waals surface area contributed by atoms with Crippen LogP contribution in [-0.4, -0.2) is 18.0 Å². The maximum absolute atomic E-state index is 12.2. The Bertz CT molecular complexity index is 332. The molecule has 2 aliphatic rings. The highest BCUT2D eigenvalue weighted by Crippen LogP contribution is 2.47. The van der Waals surface area contributed by atoms with Crippen LogP contribution in [0.15, 0.2) is 0 Å². The number of amides is 1. The van der Waals surface area contributed by atoms with Crippen LogP contribution >= 0.6 is 0 Å². The van der Waals surface area contributed by atoms with Crippen molar-refractivity contribution in [1.29, 1.82) is 0 Å². The normalized spacial score (nSPS) is 36.5. The summed E-state index contributed by atoms with van der Waals surface area (Å²) in [6.07, 6.45) is 10.3. The van der Waals surface area contributed by atoms with E-state index in [2.05, 4.69) is 11.2 Å². The molecule has 0 radical (unpaired) electrons. The van der Waals surface area contributed by atoms with E-state index in [1.165, 1.54) is 12.8 Å². The molecular formula is C14H22N2O. The third-order valence-corrected chi connectivity index (χ3v) is 4.49. The first-order valence-corrected chi connectivity index (χ1v) is 6.66. The lowest BCUT2D eigenvalue weighted by Crippen LogP contribution is -2.47. The van der Waals surface area contributed by atoms with Crippen molar-refractivity contribution in [3.63, 3.8) is 0 Å². The summed E-state index contributed by atoms with van der Waals surface area (Å²) in [5.41, 5.74) is 6.16. The predicted octanol–water partition coefficient (Wildman–Crippen LogP) is 1.28. The number of fused-ring (bicyclic) bond motifs is 2. The van der Waals surface area contributed by atoms with Gasteiger partial charge in [0.1, 0.15) is 0 Å². The second-order valence-electron chi connectivity index (χ2n) is 5.46. The van der Waals surface area contributed by atoms with Gasteiger partial charge in [-0.3, -0.25) is 4.79 Å². The van der Waals surface area contributed by atoms with Gasteiger partial charge in [0.2, 0.25) is 5.91 Å². The number of terminal acetylenes is 1. The lowest BCUT2D eigenvalue weighted by Gasteiger charge is -2.28. The van der Waals surface area contributed by atoms with Gasteiger partial charge in [0.15, 0.2) is 0 Å². The summed E-state index contributed by atoms with van der Waals surface area (Å²) < 4.78 is 0. The number of nitrogens with one attached hydrogen (secondary N) is 1. The fraction of sp³-hybridized carbons (Fsp3) is 0.786. The predicted molar refractivity (Wildman–Crippen MR) is 68.0 cm³/mol. The summed E-state index contributed by atoms with van der Waals surface area (Å²) in [5.74, 6) is 3.86. The van der Waals surface area contributed by atoms with Crippen LogP contribution in [0.4, 0.5) is 0 Å². The van der Waals surface area contributed by atoms with Crippen molar-refractivity contribution < 1.29 is 4.79 Å². The molecule has 0 aliphatic heterocycles. The molecule has 2 saturated carbocycles. The molecule has 2 fully saturated rings. The molecule has 0 heterocycles. The van der Waals surface area contributed by atoms with E-state index < -0.39 is 0 Å². The van der Waals surface area contributed by atoms with Gasteiger partial charge in [-0.05, 0) is 37.5 Å². The molecule has 0 spiro atoms. The molecule has 1 amide bonds. The highest BCUT2D eigenvalue weighted by molar-refractivity contribution is 5.80. The van der Waals surface area contributed by atoms with Gasteiger partial charge in [0, 0.05) is 18.5 Å². The van der Waals surface area contributed by atoms with Crippen molar-refractivity contribution in [2.24, 2.45) is 23.5 Å². The molecule has 5 atom stereocenters. The van der Waals surface area contributed by atoms with E-state index in [-0.39, 0.29) is 23.9 Å². The van der Waals surface area contributed by atoms with E-state index in [4.69, 9.17) is 12.2 Å². The molecule has 2 rings (SSSR count). The molecule has 3 nitrogen and oxygen atoms in total. The second kappa shape index (κ2) is 5.10. The average Bonchev–Trinajstić information content (AvgIpc) is 2.88. The van der Waals surface area contributed by atoms with E-state index in [1.54, 1.807) is 0 Å². The van der Waals surface area contributed by atoms with Crippen LogP contribution in [0.5, 0.6) is 0 Å². The maximum atomic E-state index is 12.2.